The molecule has 1 aliphatic rings. The highest BCUT2D eigenvalue weighted by Crippen LogP contribution is 2.45. The van der Waals surface area contributed by atoms with Crippen LogP contribution >= 0.6 is 15.9 Å². The first-order chi connectivity index (χ1) is 17.8. The Labute approximate surface area is 226 Å². The van der Waals surface area contributed by atoms with E-state index in [1.54, 1.807) is 0 Å². The molecule has 37 heavy (non-hydrogen) atoms. The maximum Gasteiger partial charge on any atom is 0.255 e. The maximum atomic E-state index is 14.1. The maximum absolute atomic E-state index is 14.1. The molecule has 5 nitrogen and oxygen atoms in total. The largest absolute Gasteiger partial charge is 0.350 e. The normalized spacial score (nSPS) is 16.6. The summed E-state index contributed by atoms with van der Waals surface area (Å²) in [5, 5.41) is 4.25. The summed E-state index contributed by atoms with van der Waals surface area (Å²) < 4.78 is 3.15. The Morgan fingerprint density at radius 3 is 2.54 bits per heavy atom. The number of carbonyl (C=O) groups excluding carboxylic acids is 2. The van der Waals surface area contributed by atoms with Crippen LogP contribution in [0.3, 0.4) is 0 Å². The SMILES string of the molecule is CCC(C)C(C(=O)NCc1cccc(Br)c1)N1C(=O)c2ccccc2C1c1c(C)n(C)c2ccccc12. The first-order valence-electron chi connectivity index (χ1n) is 12.8. The van der Waals surface area contributed by atoms with Crippen molar-refractivity contribution in [2.24, 2.45) is 13.0 Å². The van der Waals surface area contributed by atoms with Crippen molar-refractivity contribution >= 4 is 38.6 Å². The average Bonchev–Trinajstić information content (AvgIpc) is 3.33. The van der Waals surface area contributed by atoms with Crippen LogP contribution in [0.4, 0.5) is 0 Å². The summed E-state index contributed by atoms with van der Waals surface area (Å²) in [6.07, 6.45) is 0.774. The zero-order valence-electron chi connectivity index (χ0n) is 21.7. The number of fused-ring (bicyclic) bond motifs is 2. The Morgan fingerprint density at radius 1 is 1.05 bits per heavy atom. The zero-order valence-corrected chi connectivity index (χ0v) is 23.2. The minimum Gasteiger partial charge on any atom is -0.350 e. The quantitative estimate of drug-likeness (QED) is 0.281. The van der Waals surface area contributed by atoms with Crippen LogP contribution in [0.25, 0.3) is 10.9 Å². The number of amides is 2. The number of aryl methyl sites for hydroxylation is 1. The Bertz CT molecular complexity index is 1490. The van der Waals surface area contributed by atoms with Gasteiger partial charge in [0.05, 0.1) is 6.04 Å². The van der Waals surface area contributed by atoms with Gasteiger partial charge in [-0.1, -0.05) is 84.7 Å². The van der Waals surface area contributed by atoms with E-state index in [2.05, 4.69) is 65.8 Å². The molecule has 0 saturated carbocycles. The van der Waals surface area contributed by atoms with Crippen LogP contribution in [0.2, 0.25) is 0 Å². The van der Waals surface area contributed by atoms with E-state index in [4.69, 9.17) is 0 Å². The summed E-state index contributed by atoms with van der Waals surface area (Å²) in [5.41, 5.74) is 5.93. The lowest BCUT2D eigenvalue weighted by molar-refractivity contribution is -0.128. The Hall–Kier alpha value is -3.38. The molecule has 3 aromatic carbocycles. The van der Waals surface area contributed by atoms with Gasteiger partial charge in [-0.15, -0.1) is 0 Å². The molecule has 1 N–H and O–H groups in total. The molecule has 0 aliphatic carbocycles. The van der Waals surface area contributed by atoms with E-state index >= 15 is 0 Å². The predicted molar refractivity (Wildman–Crippen MR) is 151 cm³/mol. The summed E-state index contributed by atoms with van der Waals surface area (Å²) in [6, 6.07) is 23.1. The Balaban J connectivity index is 1.62. The minimum absolute atomic E-state index is 0.0291. The number of carbonyl (C=O) groups is 2. The fourth-order valence-corrected chi connectivity index (χ4v) is 6.08. The van der Waals surface area contributed by atoms with Gasteiger partial charge >= 0.3 is 0 Å². The number of halogens is 1. The third-order valence-electron chi connectivity index (χ3n) is 7.83. The lowest BCUT2D eigenvalue weighted by atomic mass is 9.91. The van der Waals surface area contributed by atoms with Gasteiger partial charge in [0.2, 0.25) is 5.91 Å². The molecular weight excluding hydrogens is 526 g/mol. The van der Waals surface area contributed by atoms with Crippen LogP contribution in [-0.2, 0) is 18.4 Å². The minimum atomic E-state index is -0.611. The van der Waals surface area contributed by atoms with Gasteiger partial charge in [0.25, 0.3) is 5.91 Å². The van der Waals surface area contributed by atoms with E-state index in [1.165, 1.54) is 0 Å². The van der Waals surface area contributed by atoms with Crippen molar-refractivity contribution in [3.05, 3.63) is 105 Å². The van der Waals surface area contributed by atoms with E-state index in [-0.39, 0.29) is 23.8 Å². The van der Waals surface area contributed by atoms with Crippen molar-refractivity contribution in [2.45, 2.75) is 45.8 Å². The molecule has 0 radical (unpaired) electrons. The molecule has 3 atom stereocenters. The molecular formula is C31H32BrN3O2. The van der Waals surface area contributed by atoms with Crippen molar-refractivity contribution in [1.82, 2.24) is 14.8 Å². The summed E-state index contributed by atoms with van der Waals surface area (Å²) in [6.45, 7) is 6.64. The summed E-state index contributed by atoms with van der Waals surface area (Å²) in [5.74, 6) is -0.243. The van der Waals surface area contributed by atoms with Crippen molar-refractivity contribution in [3.8, 4) is 0 Å². The number of nitrogens with zero attached hydrogens (tertiary/aromatic N) is 2. The molecule has 1 aromatic heterocycles. The Kier molecular flexibility index (Phi) is 6.95. The van der Waals surface area contributed by atoms with E-state index in [9.17, 15) is 9.59 Å². The van der Waals surface area contributed by atoms with Crippen LogP contribution in [0, 0.1) is 12.8 Å². The monoisotopic (exact) mass is 557 g/mol. The summed E-state index contributed by atoms with van der Waals surface area (Å²) in [4.78, 5) is 29.8. The van der Waals surface area contributed by atoms with Gasteiger partial charge in [-0.3, -0.25) is 9.59 Å². The first-order valence-corrected chi connectivity index (χ1v) is 13.6. The van der Waals surface area contributed by atoms with Crippen LogP contribution in [0.1, 0.15) is 59.1 Å². The number of hydrogen-bond donors (Lipinski definition) is 1. The zero-order chi connectivity index (χ0) is 26.3. The Morgan fingerprint density at radius 2 is 1.78 bits per heavy atom. The third-order valence-corrected chi connectivity index (χ3v) is 8.32. The van der Waals surface area contributed by atoms with Gasteiger partial charge in [-0.25, -0.2) is 0 Å². The van der Waals surface area contributed by atoms with Crippen molar-refractivity contribution in [2.75, 3.05) is 0 Å². The molecule has 6 heteroatoms. The molecule has 0 bridgehead atoms. The molecule has 0 saturated heterocycles. The van der Waals surface area contributed by atoms with Crippen LogP contribution in [-0.4, -0.2) is 27.3 Å². The molecule has 0 fully saturated rings. The fraction of sp³-hybridized carbons (Fsp3) is 0.290. The molecule has 4 aromatic rings. The molecule has 1 aliphatic heterocycles. The van der Waals surface area contributed by atoms with E-state index in [0.29, 0.717) is 12.1 Å². The lowest BCUT2D eigenvalue weighted by Crippen LogP contribution is -2.52. The molecule has 0 spiro atoms. The second-order valence-electron chi connectivity index (χ2n) is 9.96. The van der Waals surface area contributed by atoms with Crippen molar-refractivity contribution in [3.63, 3.8) is 0 Å². The number of benzene rings is 3. The second-order valence-corrected chi connectivity index (χ2v) is 10.9. The number of nitrogens with one attached hydrogen (secondary N) is 1. The predicted octanol–water partition coefficient (Wildman–Crippen LogP) is 6.53. The first kappa shape index (κ1) is 25.3. The smallest absolute Gasteiger partial charge is 0.255 e. The molecule has 5 rings (SSSR count). The van der Waals surface area contributed by atoms with E-state index in [1.807, 2.05) is 65.6 Å². The van der Waals surface area contributed by atoms with Gasteiger partial charge in [0.1, 0.15) is 6.04 Å². The number of hydrogen-bond acceptors (Lipinski definition) is 2. The van der Waals surface area contributed by atoms with Crippen LogP contribution in [0.5, 0.6) is 0 Å². The van der Waals surface area contributed by atoms with Crippen molar-refractivity contribution in [1.29, 1.82) is 0 Å². The average molecular weight is 559 g/mol. The van der Waals surface area contributed by atoms with Crippen LogP contribution in [0.15, 0.2) is 77.3 Å². The van der Waals surface area contributed by atoms with Crippen molar-refractivity contribution < 1.29 is 9.59 Å². The van der Waals surface area contributed by atoms with Gasteiger partial charge in [-0.05, 0) is 48.2 Å². The molecule has 2 amide bonds. The highest BCUT2D eigenvalue weighted by atomic mass is 79.9. The third kappa shape index (κ3) is 4.37. The highest BCUT2D eigenvalue weighted by Gasteiger charge is 2.46. The lowest BCUT2D eigenvalue weighted by Gasteiger charge is -2.36. The van der Waals surface area contributed by atoms with Gasteiger partial charge in [0, 0.05) is 45.8 Å². The van der Waals surface area contributed by atoms with Gasteiger partial charge in [0.15, 0.2) is 0 Å². The summed E-state index contributed by atoms with van der Waals surface area (Å²) in [7, 11) is 2.06. The topological polar surface area (TPSA) is 54.3 Å². The van der Waals surface area contributed by atoms with E-state index < -0.39 is 6.04 Å². The number of aromatic nitrogens is 1. The summed E-state index contributed by atoms with van der Waals surface area (Å²) >= 11 is 3.51. The van der Waals surface area contributed by atoms with E-state index in [0.717, 1.165) is 44.2 Å². The fourth-order valence-electron chi connectivity index (χ4n) is 5.64. The molecule has 3 unspecified atom stereocenters. The van der Waals surface area contributed by atoms with Gasteiger partial charge in [-0.2, -0.15) is 0 Å². The standard InChI is InChI=1S/C31H32BrN3O2/c1-5-19(2)28(30(36)33-18-21-11-10-12-22(32)17-21)35-29(23-13-6-7-14-24(23)31(35)37)27-20(3)34(4)26-16-9-8-15-25(26)27/h6-17,19,28-29H,5,18H2,1-4H3,(H,33,36). The second kappa shape index (κ2) is 10.2. The molecule has 2 heterocycles. The number of rotatable bonds is 7. The van der Waals surface area contributed by atoms with Gasteiger partial charge < -0.3 is 14.8 Å². The number of para-hydroxylation sites is 1. The van der Waals surface area contributed by atoms with Crippen LogP contribution < -0.4 is 5.32 Å². The molecule has 190 valence electrons. The highest BCUT2D eigenvalue weighted by molar-refractivity contribution is 9.10.